The average Bonchev–Trinajstić information content (AvgIpc) is 2.70. The van der Waals surface area contributed by atoms with Crippen LogP contribution in [0, 0.1) is 5.92 Å². The van der Waals surface area contributed by atoms with Crippen molar-refractivity contribution < 1.29 is 9.59 Å². The summed E-state index contributed by atoms with van der Waals surface area (Å²) < 4.78 is 0. The monoisotopic (exact) mass is 236 g/mol. The predicted molar refractivity (Wildman–Crippen MR) is 63.3 cm³/mol. The normalized spacial score (nSPS) is 30.2. The highest BCUT2D eigenvalue weighted by Crippen LogP contribution is 2.29. The molecule has 0 radical (unpaired) electrons. The van der Waals surface area contributed by atoms with E-state index in [1.54, 1.807) is 0 Å². The third kappa shape index (κ3) is 1.94. The van der Waals surface area contributed by atoms with Crippen LogP contribution < -0.4 is 0 Å². The van der Waals surface area contributed by atoms with Crippen molar-refractivity contribution in [1.29, 1.82) is 0 Å². The molecule has 4 heteroatoms. The van der Waals surface area contributed by atoms with Crippen LogP contribution in [0.1, 0.15) is 38.5 Å². The molecule has 0 bridgehead atoms. The molecule has 1 unspecified atom stereocenters. The minimum absolute atomic E-state index is 0.134. The van der Waals surface area contributed by atoms with E-state index in [-0.39, 0.29) is 17.9 Å². The predicted octanol–water partition coefficient (Wildman–Crippen LogP) is 1.01. The second-order valence-electron chi connectivity index (χ2n) is 5.58. The van der Waals surface area contributed by atoms with Crippen LogP contribution in [-0.4, -0.2) is 47.3 Å². The molecule has 0 aromatic heterocycles. The lowest BCUT2D eigenvalue weighted by Crippen LogP contribution is -2.45. The highest BCUT2D eigenvalue weighted by molar-refractivity contribution is 5.90. The van der Waals surface area contributed by atoms with E-state index >= 15 is 0 Å². The zero-order chi connectivity index (χ0) is 11.8. The third-order valence-corrected chi connectivity index (χ3v) is 4.47. The molecule has 4 nitrogen and oxygen atoms in total. The molecule has 0 aromatic carbocycles. The first-order valence-electron chi connectivity index (χ1n) is 6.84. The molecule has 0 spiro atoms. The van der Waals surface area contributed by atoms with Crippen molar-refractivity contribution in [1.82, 2.24) is 9.80 Å². The molecular formula is C13H20N2O2. The lowest BCUT2D eigenvalue weighted by Gasteiger charge is -2.32. The first-order valence-corrected chi connectivity index (χ1v) is 6.84. The minimum atomic E-state index is -0.134. The maximum absolute atomic E-state index is 12.4. The molecule has 17 heavy (non-hydrogen) atoms. The van der Waals surface area contributed by atoms with Crippen LogP contribution in [0.3, 0.4) is 0 Å². The zero-order valence-corrected chi connectivity index (χ0v) is 10.2. The SMILES string of the molecule is O=C1C2CCCN2C(=O)CCN1CC1CCC1. The summed E-state index contributed by atoms with van der Waals surface area (Å²) >= 11 is 0. The molecule has 2 saturated heterocycles. The molecule has 3 fully saturated rings. The van der Waals surface area contributed by atoms with Gasteiger partial charge in [-0.2, -0.15) is 0 Å². The fourth-order valence-corrected chi connectivity index (χ4v) is 3.19. The fourth-order valence-electron chi connectivity index (χ4n) is 3.19. The quantitative estimate of drug-likeness (QED) is 0.718. The van der Waals surface area contributed by atoms with Gasteiger partial charge >= 0.3 is 0 Å². The first-order chi connectivity index (χ1) is 8.25. The van der Waals surface area contributed by atoms with Gasteiger partial charge in [-0.25, -0.2) is 0 Å². The van der Waals surface area contributed by atoms with Crippen molar-refractivity contribution in [3.05, 3.63) is 0 Å². The Bertz CT molecular complexity index is 338. The van der Waals surface area contributed by atoms with Crippen molar-refractivity contribution in [2.75, 3.05) is 19.6 Å². The summed E-state index contributed by atoms with van der Waals surface area (Å²) in [6.45, 7) is 2.31. The molecule has 0 aromatic rings. The van der Waals surface area contributed by atoms with Crippen molar-refractivity contribution in [2.24, 2.45) is 5.92 Å². The van der Waals surface area contributed by atoms with Crippen molar-refractivity contribution in [2.45, 2.75) is 44.6 Å². The maximum Gasteiger partial charge on any atom is 0.245 e. The number of hydrogen-bond donors (Lipinski definition) is 0. The smallest absolute Gasteiger partial charge is 0.245 e. The molecule has 1 atom stereocenters. The van der Waals surface area contributed by atoms with E-state index in [9.17, 15) is 9.59 Å². The molecule has 3 aliphatic rings. The molecule has 2 amide bonds. The van der Waals surface area contributed by atoms with Crippen LogP contribution in [0.15, 0.2) is 0 Å². The van der Waals surface area contributed by atoms with E-state index < -0.39 is 0 Å². The largest absolute Gasteiger partial charge is 0.340 e. The van der Waals surface area contributed by atoms with E-state index in [1.807, 2.05) is 9.80 Å². The van der Waals surface area contributed by atoms with Gasteiger partial charge in [-0.1, -0.05) is 6.42 Å². The Kier molecular flexibility index (Phi) is 2.81. The third-order valence-electron chi connectivity index (χ3n) is 4.47. The summed E-state index contributed by atoms with van der Waals surface area (Å²) in [6, 6.07) is -0.134. The Morgan fingerprint density at radius 2 is 1.88 bits per heavy atom. The van der Waals surface area contributed by atoms with E-state index in [0.29, 0.717) is 18.9 Å². The summed E-state index contributed by atoms with van der Waals surface area (Å²) in [4.78, 5) is 28.0. The Balaban J connectivity index is 1.72. The van der Waals surface area contributed by atoms with E-state index in [2.05, 4.69) is 0 Å². The molecular weight excluding hydrogens is 216 g/mol. The first kappa shape index (κ1) is 11.1. The van der Waals surface area contributed by atoms with Gasteiger partial charge in [-0.15, -0.1) is 0 Å². The average molecular weight is 236 g/mol. The van der Waals surface area contributed by atoms with Crippen LogP contribution in [0.4, 0.5) is 0 Å². The van der Waals surface area contributed by atoms with Crippen LogP contribution in [0.5, 0.6) is 0 Å². The standard InChI is InChI=1S/C13H20N2O2/c16-12-6-8-14(9-10-3-1-4-10)13(17)11-5-2-7-15(11)12/h10-11H,1-9H2. The van der Waals surface area contributed by atoms with E-state index in [1.165, 1.54) is 19.3 Å². The summed E-state index contributed by atoms with van der Waals surface area (Å²) in [5, 5.41) is 0. The number of fused-ring (bicyclic) bond motifs is 1. The van der Waals surface area contributed by atoms with Crippen molar-refractivity contribution in [3.63, 3.8) is 0 Å². The zero-order valence-electron chi connectivity index (χ0n) is 10.2. The Hall–Kier alpha value is -1.06. The summed E-state index contributed by atoms with van der Waals surface area (Å²) in [6.07, 6.45) is 6.19. The number of nitrogens with zero attached hydrogens (tertiary/aromatic N) is 2. The van der Waals surface area contributed by atoms with Crippen molar-refractivity contribution in [3.8, 4) is 0 Å². The lowest BCUT2D eigenvalue weighted by molar-refractivity contribution is -0.139. The summed E-state index contributed by atoms with van der Waals surface area (Å²) in [5.41, 5.74) is 0. The maximum atomic E-state index is 12.4. The molecule has 2 aliphatic heterocycles. The fraction of sp³-hybridized carbons (Fsp3) is 0.846. The summed E-state index contributed by atoms with van der Waals surface area (Å²) in [5.74, 6) is 1.08. The number of amides is 2. The van der Waals surface area contributed by atoms with Gasteiger partial charge in [0.1, 0.15) is 6.04 Å². The number of carbonyl (C=O) groups excluding carboxylic acids is 2. The molecule has 1 aliphatic carbocycles. The van der Waals surface area contributed by atoms with Gasteiger partial charge in [0.05, 0.1) is 0 Å². The molecule has 1 saturated carbocycles. The highest BCUT2D eigenvalue weighted by atomic mass is 16.2. The molecule has 2 heterocycles. The van der Waals surface area contributed by atoms with Gasteiger partial charge < -0.3 is 9.80 Å². The Morgan fingerprint density at radius 3 is 2.59 bits per heavy atom. The van der Waals surface area contributed by atoms with Gasteiger partial charge in [0.25, 0.3) is 0 Å². The Labute approximate surface area is 102 Å². The van der Waals surface area contributed by atoms with Crippen LogP contribution in [0.25, 0.3) is 0 Å². The number of carbonyl (C=O) groups is 2. The second-order valence-corrected chi connectivity index (χ2v) is 5.58. The van der Waals surface area contributed by atoms with Gasteiger partial charge in [-0.05, 0) is 31.6 Å². The van der Waals surface area contributed by atoms with E-state index in [0.717, 1.165) is 25.9 Å². The van der Waals surface area contributed by atoms with Gasteiger partial charge in [0, 0.05) is 26.1 Å². The van der Waals surface area contributed by atoms with Crippen LogP contribution in [0.2, 0.25) is 0 Å². The van der Waals surface area contributed by atoms with Gasteiger partial charge in [0.2, 0.25) is 11.8 Å². The second kappa shape index (κ2) is 4.31. The number of rotatable bonds is 2. The van der Waals surface area contributed by atoms with Crippen molar-refractivity contribution >= 4 is 11.8 Å². The van der Waals surface area contributed by atoms with Crippen LogP contribution >= 0.6 is 0 Å². The Morgan fingerprint density at radius 1 is 1.06 bits per heavy atom. The topological polar surface area (TPSA) is 40.6 Å². The number of hydrogen-bond acceptors (Lipinski definition) is 2. The van der Waals surface area contributed by atoms with Gasteiger partial charge in [-0.3, -0.25) is 9.59 Å². The molecule has 94 valence electrons. The minimum Gasteiger partial charge on any atom is -0.340 e. The molecule has 3 rings (SSSR count). The lowest BCUT2D eigenvalue weighted by atomic mass is 9.85. The van der Waals surface area contributed by atoms with E-state index in [4.69, 9.17) is 0 Å². The van der Waals surface area contributed by atoms with Gasteiger partial charge in [0.15, 0.2) is 0 Å². The molecule has 0 N–H and O–H groups in total. The van der Waals surface area contributed by atoms with Crippen LogP contribution in [-0.2, 0) is 9.59 Å². The highest BCUT2D eigenvalue weighted by Gasteiger charge is 2.39. The summed E-state index contributed by atoms with van der Waals surface area (Å²) in [7, 11) is 0.